The van der Waals surface area contributed by atoms with E-state index in [1.807, 2.05) is 24.3 Å². The summed E-state index contributed by atoms with van der Waals surface area (Å²) in [4.78, 5) is 14.1. The number of rotatable bonds is 21. The molecule has 10 heteroatoms. The third-order valence-electron chi connectivity index (χ3n) is 8.20. The first-order valence-corrected chi connectivity index (χ1v) is 18.6. The smallest absolute Gasteiger partial charge is 0.409 e. The van der Waals surface area contributed by atoms with Crippen LogP contribution in [0, 0.1) is 0 Å². The van der Waals surface area contributed by atoms with Gasteiger partial charge in [0.15, 0.2) is 8.32 Å². The Labute approximate surface area is 265 Å². The van der Waals surface area contributed by atoms with Crippen LogP contribution in [0.1, 0.15) is 37.8 Å². The van der Waals surface area contributed by atoms with Crippen molar-refractivity contribution in [2.45, 2.75) is 44.8 Å². The van der Waals surface area contributed by atoms with Crippen LogP contribution < -0.4 is 0 Å². The Morgan fingerprint density at radius 1 is 0.682 bits per heavy atom. The second-order valence-electron chi connectivity index (χ2n) is 12.4. The van der Waals surface area contributed by atoms with E-state index in [0.717, 1.165) is 0 Å². The van der Waals surface area contributed by atoms with Crippen molar-refractivity contribution in [2.75, 3.05) is 92.9 Å². The monoisotopic (exact) mass is 631 g/mol. The quantitative estimate of drug-likeness (QED) is 0.123. The number of carbonyl (C=O) groups is 1. The van der Waals surface area contributed by atoms with Gasteiger partial charge in [0.25, 0.3) is 0 Å². The summed E-state index contributed by atoms with van der Waals surface area (Å²) < 4.78 is 39.6. The fourth-order valence-electron chi connectivity index (χ4n) is 4.55. The average Bonchev–Trinajstić information content (AvgIpc) is 3.32. The summed E-state index contributed by atoms with van der Waals surface area (Å²) in [6.45, 7) is 17.6. The Kier molecular flexibility index (Phi) is 15.3. The van der Waals surface area contributed by atoms with Gasteiger partial charge in [0.2, 0.25) is 0 Å². The highest BCUT2D eigenvalue weighted by Gasteiger charge is 2.36. The average molecular weight is 632 g/mol. The van der Waals surface area contributed by atoms with Crippen molar-refractivity contribution in [1.82, 2.24) is 4.90 Å². The van der Waals surface area contributed by atoms with Gasteiger partial charge in [-0.2, -0.15) is 0 Å². The highest BCUT2D eigenvalue weighted by Crippen LogP contribution is 2.44. The van der Waals surface area contributed by atoms with Gasteiger partial charge in [-0.15, -0.1) is 0 Å². The van der Waals surface area contributed by atoms with E-state index in [9.17, 15) is 4.79 Å². The van der Waals surface area contributed by atoms with Gasteiger partial charge in [-0.3, -0.25) is 0 Å². The molecule has 0 aliphatic heterocycles. The fourth-order valence-corrected chi connectivity index (χ4v) is 5.58. The first kappa shape index (κ1) is 36.2. The lowest BCUT2D eigenvalue weighted by molar-refractivity contribution is -0.0137. The molecule has 0 radical (unpaired) electrons. The summed E-state index contributed by atoms with van der Waals surface area (Å²) in [6.07, 6.45) is -0.355. The number of hydrogen-bond acceptors (Lipinski definition) is 8. The Morgan fingerprint density at radius 2 is 1.09 bits per heavy atom. The lowest BCUT2D eigenvalue weighted by Gasteiger charge is -2.36. The van der Waals surface area contributed by atoms with Crippen molar-refractivity contribution in [3.05, 3.63) is 59.7 Å². The van der Waals surface area contributed by atoms with Crippen LogP contribution in [-0.2, 0) is 32.8 Å². The molecule has 2 aromatic carbocycles. The van der Waals surface area contributed by atoms with Crippen LogP contribution in [-0.4, -0.2) is 112 Å². The normalized spacial score (nSPS) is 13.1. The molecule has 0 saturated carbocycles. The van der Waals surface area contributed by atoms with E-state index < -0.39 is 8.32 Å². The Morgan fingerprint density at radius 3 is 1.55 bits per heavy atom. The molecule has 0 atom stereocenters. The van der Waals surface area contributed by atoms with Crippen LogP contribution in [0.15, 0.2) is 48.5 Å². The standard InChI is InChI=1S/C34H53NO8Si/c1-34(2,3)44(5,6)43-26-25-41-24-23-40-22-21-39-20-19-38-18-17-37-16-15-35(4)33(36)42-27-32-30-13-9-7-11-28(30)29-12-8-10-14-31(29)32/h7-14,32H,15-27H2,1-6H3. The molecule has 0 aromatic heterocycles. The molecular weight excluding hydrogens is 578 g/mol. The molecule has 0 saturated heterocycles. The van der Waals surface area contributed by atoms with Crippen molar-refractivity contribution >= 4 is 14.4 Å². The minimum absolute atomic E-state index is 0.0487. The molecule has 0 unspecified atom stereocenters. The van der Waals surface area contributed by atoms with Crippen molar-refractivity contribution in [3.8, 4) is 11.1 Å². The predicted octanol–water partition coefficient (Wildman–Crippen LogP) is 5.97. The molecule has 1 amide bonds. The summed E-state index contributed by atoms with van der Waals surface area (Å²) in [5.41, 5.74) is 4.83. The molecule has 0 fully saturated rings. The second kappa shape index (κ2) is 18.6. The molecule has 0 heterocycles. The number of nitrogens with zero attached hydrogens (tertiary/aromatic N) is 1. The summed E-state index contributed by atoms with van der Waals surface area (Å²) in [5.74, 6) is 0.0487. The molecule has 2 aromatic rings. The van der Waals surface area contributed by atoms with Crippen LogP contribution in [0.4, 0.5) is 4.79 Å². The number of likely N-dealkylation sites (N-methyl/N-ethyl adjacent to an activating group) is 1. The largest absolute Gasteiger partial charge is 0.448 e. The SMILES string of the molecule is CN(CCOCCOCCOCCOCCOCCO[Si](C)(C)C(C)(C)C)C(=O)OCC1c2ccccc2-c2ccccc21. The molecular formula is C34H53NO8Si. The first-order valence-electron chi connectivity index (χ1n) is 15.7. The Hall–Kier alpha value is -2.31. The lowest BCUT2D eigenvalue weighted by atomic mass is 9.98. The minimum atomic E-state index is -1.71. The van der Waals surface area contributed by atoms with Crippen LogP contribution in [0.2, 0.25) is 18.1 Å². The summed E-state index contributed by atoms with van der Waals surface area (Å²) >= 11 is 0. The maximum atomic E-state index is 12.6. The summed E-state index contributed by atoms with van der Waals surface area (Å²) in [6, 6.07) is 16.6. The molecule has 9 nitrogen and oxygen atoms in total. The summed E-state index contributed by atoms with van der Waals surface area (Å²) in [5, 5.41) is 0.212. The molecule has 1 aliphatic carbocycles. The molecule has 1 aliphatic rings. The number of carbonyl (C=O) groups excluding carboxylic acids is 1. The van der Waals surface area contributed by atoms with Crippen LogP contribution in [0.3, 0.4) is 0 Å². The third-order valence-corrected chi connectivity index (χ3v) is 12.7. The van der Waals surface area contributed by atoms with E-state index >= 15 is 0 Å². The minimum Gasteiger partial charge on any atom is -0.448 e. The highest BCUT2D eigenvalue weighted by molar-refractivity contribution is 6.74. The van der Waals surface area contributed by atoms with E-state index in [2.05, 4.69) is 58.1 Å². The Bertz CT molecular complexity index is 1080. The fraction of sp³-hybridized carbons (Fsp3) is 0.618. The van der Waals surface area contributed by atoms with Crippen LogP contribution >= 0.6 is 0 Å². The van der Waals surface area contributed by atoms with Gasteiger partial charge in [-0.05, 0) is 40.4 Å². The zero-order valence-corrected chi connectivity index (χ0v) is 28.6. The van der Waals surface area contributed by atoms with Crippen molar-refractivity contribution < 1.29 is 37.6 Å². The van der Waals surface area contributed by atoms with Crippen molar-refractivity contribution in [2.24, 2.45) is 0 Å². The van der Waals surface area contributed by atoms with E-state index in [1.54, 1.807) is 11.9 Å². The van der Waals surface area contributed by atoms with Gasteiger partial charge in [-0.25, -0.2) is 4.79 Å². The first-order chi connectivity index (χ1) is 21.1. The van der Waals surface area contributed by atoms with Gasteiger partial charge in [0.05, 0.1) is 72.7 Å². The maximum absolute atomic E-state index is 12.6. The van der Waals surface area contributed by atoms with Crippen molar-refractivity contribution in [1.29, 1.82) is 0 Å². The highest BCUT2D eigenvalue weighted by atomic mass is 28.4. The molecule has 0 bridgehead atoms. The van der Waals surface area contributed by atoms with Crippen LogP contribution in [0.25, 0.3) is 11.1 Å². The zero-order chi connectivity index (χ0) is 31.8. The van der Waals surface area contributed by atoms with E-state index in [-0.39, 0.29) is 17.0 Å². The van der Waals surface area contributed by atoms with Crippen LogP contribution in [0.5, 0.6) is 0 Å². The van der Waals surface area contributed by atoms with Crippen molar-refractivity contribution in [3.63, 3.8) is 0 Å². The molecule has 0 N–H and O–H groups in total. The topological polar surface area (TPSA) is 84.9 Å². The molecule has 3 rings (SSSR count). The van der Waals surface area contributed by atoms with E-state index in [4.69, 9.17) is 32.8 Å². The Balaban J connectivity index is 1.10. The maximum Gasteiger partial charge on any atom is 0.409 e. The molecule has 246 valence electrons. The van der Waals surface area contributed by atoms with Gasteiger partial charge in [0, 0.05) is 19.5 Å². The van der Waals surface area contributed by atoms with Gasteiger partial charge >= 0.3 is 6.09 Å². The number of ether oxygens (including phenoxy) is 6. The number of hydrogen-bond donors (Lipinski definition) is 0. The van der Waals surface area contributed by atoms with E-state index in [0.29, 0.717) is 85.8 Å². The summed E-state index contributed by atoms with van der Waals surface area (Å²) in [7, 11) is 0.0152. The zero-order valence-electron chi connectivity index (χ0n) is 27.6. The van der Waals surface area contributed by atoms with Gasteiger partial charge < -0.3 is 37.7 Å². The third kappa shape index (κ3) is 11.6. The molecule has 0 spiro atoms. The number of benzene rings is 2. The predicted molar refractivity (Wildman–Crippen MR) is 175 cm³/mol. The number of fused-ring (bicyclic) bond motifs is 3. The lowest BCUT2D eigenvalue weighted by Crippen LogP contribution is -2.41. The van der Waals surface area contributed by atoms with Gasteiger partial charge in [0.1, 0.15) is 6.61 Å². The van der Waals surface area contributed by atoms with Gasteiger partial charge in [-0.1, -0.05) is 69.3 Å². The second-order valence-corrected chi connectivity index (χ2v) is 17.2. The van der Waals surface area contributed by atoms with E-state index in [1.165, 1.54) is 22.3 Å². The molecule has 44 heavy (non-hydrogen) atoms. The number of amides is 1.